The van der Waals surface area contributed by atoms with E-state index in [0.717, 1.165) is 0 Å². The highest BCUT2D eigenvalue weighted by Crippen LogP contribution is 2.25. The lowest BCUT2D eigenvalue weighted by Gasteiger charge is -2.23. The highest BCUT2D eigenvalue weighted by Gasteiger charge is 2.28. The molecular weight excluding hydrogens is 196 g/mol. The molecule has 0 aromatic heterocycles. The molecule has 0 unspecified atom stereocenters. The molecule has 0 aromatic rings. The van der Waals surface area contributed by atoms with Gasteiger partial charge in [0.2, 0.25) is 0 Å². The van der Waals surface area contributed by atoms with E-state index in [1.807, 2.05) is 0 Å². The molecule has 84 valence electrons. The average Bonchev–Trinajstić information content (AvgIpc) is 2.18. The summed E-state index contributed by atoms with van der Waals surface area (Å²) >= 11 is 0. The Kier molecular flexibility index (Phi) is 4.34. The first-order valence-electron chi connectivity index (χ1n) is 5.18. The topological polar surface area (TPSA) is 52.6 Å². The van der Waals surface area contributed by atoms with Crippen LogP contribution < -0.4 is 0 Å². The fourth-order valence-electron chi connectivity index (χ4n) is 1.69. The van der Waals surface area contributed by atoms with Crippen molar-refractivity contribution in [1.29, 1.82) is 0 Å². The Morgan fingerprint density at radius 3 is 3.00 bits per heavy atom. The lowest BCUT2D eigenvalue weighted by atomic mass is 9.90. The molecule has 1 atom stereocenters. The van der Waals surface area contributed by atoms with E-state index in [2.05, 4.69) is 0 Å². The Morgan fingerprint density at radius 1 is 1.67 bits per heavy atom. The average molecular weight is 212 g/mol. The zero-order valence-electron chi connectivity index (χ0n) is 9.12. The van der Waals surface area contributed by atoms with E-state index in [4.69, 9.17) is 9.47 Å². The van der Waals surface area contributed by atoms with Gasteiger partial charge >= 0.3 is 11.9 Å². The second-order valence-corrected chi connectivity index (χ2v) is 3.37. The molecule has 4 heteroatoms. The Labute approximate surface area is 89.2 Å². The van der Waals surface area contributed by atoms with Gasteiger partial charge in [-0.25, -0.2) is 4.79 Å². The third-order valence-electron chi connectivity index (χ3n) is 2.40. The van der Waals surface area contributed by atoms with Crippen molar-refractivity contribution in [3.63, 3.8) is 0 Å². The zero-order valence-corrected chi connectivity index (χ0v) is 9.12. The summed E-state index contributed by atoms with van der Waals surface area (Å²) in [5.41, 5.74) is 0.592. The number of ether oxygens (including phenoxy) is 2. The van der Waals surface area contributed by atoms with Crippen LogP contribution in [0.25, 0.3) is 0 Å². The summed E-state index contributed by atoms with van der Waals surface area (Å²) in [5, 5.41) is 0. The van der Waals surface area contributed by atoms with Gasteiger partial charge in [-0.1, -0.05) is 6.08 Å². The minimum absolute atomic E-state index is 0.0460. The third kappa shape index (κ3) is 3.08. The lowest BCUT2D eigenvalue weighted by molar-refractivity contribution is -0.146. The van der Waals surface area contributed by atoms with Crippen LogP contribution in [-0.2, 0) is 19.1 Å². The fourth-order valence-corrected chi connectivity index (χ4v) is 1.69. The van der Waals surface area contributed by atoms with Crippen molar-refractivity contribution in [2.45, 2.75) is 26.7 Å². The lowest BCUT2D eigenvalue weighted by Crippen LogP contribution is -2.26. The molecule has 0 bridgehead atoms. The molecule has 0 radical (unpaired) electrons. The van der Waals surface area contributed by atoms with Crippen LogP contribution in [0.1, 0.15) is 26.7 Å². The zero-order chi connectivity index (χ0) is 11.3. The minimum Gasteiger partial charge on any atom is -0.466 e. The van der Waals surface area contributed by atoms with Crippen molar-refractivity contribution in [2.24, 2.45) is 5.92 Å². The minimum atomic E-state index is -0.307. The van der Waals surface area contributed by atoms with Gasteiger partial charge in [-0.3, -0.25) is 4.79 Å². The standard InChI is InChI=1S/C11H16O4/c1-3-9-8(5-6-15-11(9)13)7-10(12)14-4-2/h3,8H,4-7H2,1-2H3/b9-3+/t8-/m0/s1. The maximum absolute atomic E-state index is 11.3. The van der Waals surface area contributed by atoms with Crippen molar-refractivity contribution in [2.75, 3.05) is 13.2 Å². The van der Waals surface area contributed by atoms with Gasteiger partial charge in [-0.15, -0.1) is 0 Å². The molecule has 0 N–H and O–H groups in total. The maximum atomic E-state index is 11.3. The van der Waals surface area contributed by atoms with Crippen LogP contribution >= 0.6 is 0 Å². The number of hydrogen-bond acceptors (Lipinski definition) is 4. The molecule has 0 aromatic carbocycles. The predicted molar refractivity (Wildman–Crippen MR) is 54.1 cm³/mol. The molecule has 1 aliphatic heterocycles. The Hall–Kier alpha value is -1.32. The van der Waals surface area contributed by atoms with Gasteiger partial charge in [0.15, 0.2) is 0 Å². The molecule has 1 heterocycles. The number of esters is 2. The monoisotopic (exact) mass is 212 g/mol. The summed E-state index contributed by atoms with van der Waals surface area (Å²) in [4.78, 5) is 22.6. The van der Waals surface area contributed by atoms with E-state index in [1.54, 1.807) is 19.9 Å². The van der Waals surface area contributed by atoms with Crippen LogP contribution in [0.2, 0.25) is 0 Å². The van der Waals surface area contributed by atoms with Crippen LogP contribution in [0.3, 0.4) is 0 Å². The number of rotatable bonds is 3. The van der Waals surface area contributed by atoms with Gasteiger partial charge in [0.05, 0.1) is 19.6 Å². The summed E-state index contributed by atoms with van der Waals surface area (Å²) in [6.45, 7) is 4.31. The number of carbonyl (C=O) groups is 2. The third-order valence-corrected chi connectivity index (χ3v) is 2.40. The number of cyclic esters (lactones) is 1. The summed E-state index contributed by atoms with van der Waals surface area (Å²) in [6, 6.07) is 0. The molecule has 4 nitrogen and oxygen atoms in total. The van der Waals surface area contributed by atoms with Crippen molar-refractivity contribution in [3.8, 4) is 0 Å². The molecular formula is C11H16O4. The fraction of sp³-hybridized carbons (Fsp3) is 0.636. The number of allylic oxidation sites excluding steroid dienone is 1. The van der Waals surface area contributed by atoms with Crippen molar-refractivity contribution >= 4 is 11.9 Å². The van der Waals surface area contributed by atoms with E-state index < -0.39 is 0 Å². The Bertz CT molecular complexity index is 280. The molecule has 15 heavy (non-hydrogen) atoms. The van der Waals surface area contributed by atoms with Crippen LogP contribution in [0, 0.1) is 5.92 Å². The molecule has 0 spiro atoms. The van der Waals surface area contributed by atoms with Gasteiger partial charge < -0.3 is 9.47 Å². The Morgan fingerprint density at radius 2 is 2.40 bits per heavy atom. The normalized spacial score (nSPS) is 23.7. The van der Waals surface area contributed by atoms with E-state index in [1.165, 1.54) is 0 Å². The first-order chi connectivity index (χ1) is 7.19. The quantitative estimate of drug-likeness (QED) is 0.525. The van der Waals surface area contributed by atoms with Crippen LogP contribution in [0.4, 0.5) is 0 Å². The smallest absolute Gasteiger partial charge is 0.333 e. The summed E-state index contributed by atoms with van der Waals surface area (Å²) in [7, 11) is 0. The largest absolute Gasteiger partial charge is 0.466 e. The van der Waals surface area contributed by atoms with Gasteiger partial charge in [-0.2, -0.15) is 0 Å². The maximum Gasteiger partial charge on any atom is 0.333 e. The van der Waals surface area contributed by atoms with Crippen LogP contribution in [-0.4, -0.2) is 25.2 Å². The molecule has 1 aliphatic rings. The van der Waals surface area contributed by atoms with Gasteiger partial charge in [0, 0.05) is 11.5 Å². The first-order valence-corrected chi connectivity index (χ1v) is 5.18. The summed E-state index contributed by atoms with van der Waals surface area (Å²) < 4.78 is 9.75. The van der Waals surface area contributed by atoms with Crippen LogP contribution in [0.15, 0.2) is 11.6 Å². The van der Waals surface area contributed by atoms with E-state index in [0.29, 0.717) is 25.2 Å². The van der Waals surface area contributed by atoms with E-state index in [-0.39, 0.29) is 24.3 Å². The molecule has 0 amide bonds. The summed E-state index contributed by atoms with van der Waals surface area (Å²) in [5.74, 6) is -0.607. The van der Waals surface area contributed by atoms with E-state index in [9.17, 15) is 9.59 Å². The molecule has 1 saturated heterocycles. The van der Waals surface area contributed by atoms with Gasteiger partial charge in [0.1, 0.15) is 0 Å². The van der Waals surface area contributed by atoms with E-state index >= 15 is 0 Å². The highest BCUT2D eigenvalue weighted by atomic mass is 16.5. The first kappa shape index (κ1) is 11.8. The second-order valence-electron chi connectivity index (χ2n) is 3.37. The highest BCUT2D eigenvalue weighted by molar-refractivity contribution is 5.90. The molecule has 0 aliphatic carbocycles. The summed E-state index contributed by atoms with van der Waals surface area (Å²) in [6.07, 6.45) is 2.68. The Balaban J connectivity index is 2.59. The van der Waals surface area contributed by atoms with Crippen LogP contribution in [0.5, 0.6) is 0 Å². The SMILES string of the molecule is C/C=C1/C(=O)OCC[C@H]1CC(=O)OCC. The van der Waals surface area contributed by atoms with Crippen molar-refractivity contribution < 1.29 is 19.1 Å². The molecule has 0 saturated carbocycles. The molecule has 1 fully saturated rings. The molecule has 1 rings (SSSR count). The van der Waals surface area contributed by atoms with Gasteiger partial charge in [0.25, 0.3) is 0 Å². The van der Waals surface area contributed by atoms with Crippen molar-refractivity contribution in [3.05, 3.63) is 11.6 Å². The van der Waals surface area contributed by atoms with Gasteiger partial charge in [-0.05, 0) is 20.3 Å². The number of carbonyl (C=O) groups excluding carboxylic acids is 2. The second kappa shape index (κ2) is 5.53. The predicted octanol–water partition coefficient (Wildman–Crippen LogP) is 1.45. The number of hydrogen-bond donors (Lipinski definition) is 0. The van der Waals surface area contributed by atoms with Crippen molar-refractivity contribution in [1.82, 2.24) is 0 Å².